The number of ether oxygens (including phenoxy) is 1. The van der Waals surface area contributed by atoms with Crippen molar-refractivity contribution in [1.29, 1.82) is 0 Å². The second kappa shape index (κ2) is 6.41. The fraction of sp³-hybridized carbons (Fsp3) is 0.571. The summed E-state index contributed by atoms with van der Waals surface area (Å²) in [6, 6.07) is 5.77. The molecule has 2 rings (SSSR count). The summed E-state index contributed by atoms with van der Waals surface area (Å²) in [5, 5.41) is 9.16. The summed E-state index contributed by atoms with van der Waals surface area (Å²) >= 11 is 3.40. The lowest BCUT2D eigenvalue weighted by Crippen LogP contribution is -2.04. The Hall–Kier alpha value is -0.540. The van der Waals surface area contributed by atoms with E-state index in [1.165, 1.54) is 25.7 Å². The third-order valence-corrected chi connectivity index (χ3v) is 4.23. The van der Waals surface area contributed by atoms with Crippen molar-refractivity contribution in [3.63, 3.8) is 0 Å². The largest absolute Gasteiger partial charge is 0.494 e. The van der Waals surface area contributed by atoms with Crippen molar-refractivity contribution in [3.8, 4) is 5.75 Å². The smallest absolute Gasteiger partial charge is 0.119 e. The van der Waals surface area contributed by atoms with E-state index in [4.69, 9.17) is 9.84 Å². The molecule has 1 aromatic carbocycles. The number of benzene rings is 1. The highest BCUT2D eigenvalue weighted by Crippen LogP contribution is 2.28. The fourth-order valence-electron chi connectivity index (χ4n) is 2.40. The van der Waals surface area contributed by atoms with Gasteiger partial charge in [0.2, 0.25) is 0 Å². The Balaban J connectivity index is 1.81. The third kappa shape index (κ3) is 3.71. The van der Waals surface area contributed by atoms with Crippen molar-refractivity contribution >= 4 is 15.9 Å². The average molecular weight is 299 g/mol. The maximum absolute atomic E-state index is 9.16. The number of aliphatic hydroxyl groups is 1. The number of hydrogen-bond donors (Lipinski definition) is 1. The number of halogens is 1. The van der Waals surface area contributed by atoms with Crippen LogP contribution < -0.4 is 4.74 Å². The first kappa shape index (κ1) is 12.9. The number of rotatable bonds is 5. The zero-order valence-electron chi connectivity index (χ0n) is 9.99. The van der Waals surface area contributed by atoms with Crippen LogP contribution in [0.5, 0.6) is 5.75 Å². The average Bonchev–Trinajstić information content (AvgIpc) is 2.84. The van der Waals surface area contributed by atoms with E-state index in [0.717, 1.165) is 34.7 Å². The van der Waals surface area contributed by atoms with Crippen LogP contribution in [0.15, 0.2) is 22.7 Å². The number of hydrogen-bond acceptors (Lipinski definition) is 2. The summed E-state index contributed by atoms with van der Waals surface area (Å²) in [6.07, 6.45) is 6.66. The van der Waals surface area contributed by atoms with Crippen LogP contribution >= 0.6 is 15.9 Å². The van der Waals surface area contributed by atoms with Gasteiger partial charge in [-0.15, -0.1) is 0 Å². The fourth-order valence-corrected chi connectivity index (χ4v) is 2.78. The summed E-state index contributed by atoms with van der Waals surface area (Å²) in [7, 11) is 0. The van der Waals surface area contributed by atoms with Gasteiger partial charge in [-0.25, -0.2) is 0 Å². The molecule has 1 saturated carbocycles. The predicted molar refractivity (Wildman–Crippen MR) is 72.1 cm³/mol. The Morgan fingerprint density at radius 2 is 2.06 bits per heavy atom. The van der Waals surface area contributed by atoms with Gasteiger partial charge in [-0.1, -0.05) is 41.6 Å². The summed E-state index contributed by atoms with van der Waals surface area (Å²) in [5.41, 5.74) is 0.878. The van der Waals surface area contributed by atoms with Gasteiger partial charge in [-0.3, -0.25) is 0 Å². The summed E-state index contributed by atoms with van der Waals surface area (Å²) in [4.78, 5) is 0. The van der Waals surface area contributed by atoms with Gasteiger partial charge in [0.05, 0.1) is 13.2 Å². The first-order valence-corrected chi connectivity index (χ1v) is 7.11. The van der Waals surface area contributed by atoms with Crippen molar-refractivity contribution in [3.05, 3.63) is 28.2 Å². The van der Waals surface area contributed by atoms with E-state index in [1.807, 2.05) is 18.2 Å². The van der Waals surface area contributed by atoms with Gasteiger partial charge >= 0.3 is 0 Å². The van der Waals surface area contributed by atoms with Gasteiger partial charge in [0.1, 0.15) is 5.75 Å². The van der Waals surface area contributed by atoms with E-state index in [1.54, 1.807) is 0 Å². The highest BCUT2D eigenvalue weighted by Gasteiger charge is 2.14. The van der Waals surface area contributed by atoms with Crippen LogP contribution in [0.25, 0.3) is 0 Å². The summed E-state index contributed by atoms with van der Waals surface area (Å²) in [6.45, 7) is 0.831. The molecule has 0 amide bonds. The molecule has 1 fully saturated rings. The molecule has 0 spiro atoms. The van der Waals surface area contributed by atoms with Crippen molar-refractivity contribution in [2.75, 3.05) is 6.61 Å². The van der Waals surface area contributed by atoms with E-state index in [9.17, 15) is 0 Å². The monoisotopic (exact) mass is 298 g/mol. The maximum atomic E-state index is 9.16. The lowest BCUT2D eigenvalue weighted by Gasteiger charge is -2.11. The van der Waals surface area contributed by atoms with Gasteiger partial charge in [-0.05, 0) is 36.1 Å². The highest BCUT2D eigenvalue weighted by atomic mass is 79.9. The van der Waals surface area contributed by atoms with Crippen LogP contribution in [0, 0.1) is 5.92 Å². The van der Waals surface area contributed by atoms with Gasteiger partial charge in [0.15, 0.2) is 0 Å². The normalized spacial score (nSPS) is 16.4. The standard InChI is InChI=1S/C14H19BrO2/c15-14-6-5-13(9-12(14)10-16)17-8-7-11-3-1-2-4-11/h5-6,9,11,16H,1-4,7-8,10H2. The van der Waals surface area contributed by atoms with Crippen LogP contribution in [0.3, 0.4) is 0 Å². The Kier molecular flexibility index (Phi) is 4.86. The molecule has 2 nitrogen and oxygen atoms in total. The molecular weight excluding hydrogens is 280 g/mol. The van der Waals surface area contributed by atoms with Crippen LogP contribution in [-0.4, -0.2) is 11.7 Å². The van der Waals surface area contributed by atoms with Gasteiger partial charge < -0.3 is 9.84 Å². The molecule has 1 aliphatic carbocycles. The van der Waals surface area contributed by atoms with Crippen molar-refractivity contribution in [1.82, 2.24) is 0 Å². The summed E-state index contributed by atoms with van der Waals surface area (Å²) in [5.74, 6) is 1.72. The topological polar surface area (TPSA) is 29.5 Å². The molecule has 1 aliphatic rings. The minimum atomic E-state index is 0.0421. The van der Waals surface area contributed by atoms with Gasteiger partial charge in [-0.2, -0.15) is 0 Å². The number of aliphatic hydroxyl groups excluding tert-OH is 1. The quantitative estimate of drug-likeness (QED) is 0.893. The molecule has 94 valence electrons. The Bertz CT molecular complexity index is 359. The van der Waals surface area contributed by atoms with Crippen LogP contribution in [0.1, 0.15) is 37.7 Å². The molecule has 0 saturated heterocycles. The van der Waals surface area contributed by atoms with Gasteiger partial charge in [0.25, 0.3) is 0 Å². The first-order chi connectivity index (χ1) is 8.29. The van der Waals surface area contributed by atoms with E-state index >= 15 is 0 Å². The minimum Gasteiger partial charge on any atom is -0.494 e. The van der Waals surface area contributed by atoms with E-state index in [-0.39, 0.29) is 6.61 Å². The van der Waals surface area contributed by atoms with Crippen LogP contribution in [-0.2, 0) is 6.61 Å². The van der Waals surface area contributed by atoms with E-state index in [2.05, 4.69) is 15.9 Å². The molecule has 17 heavy (non-hydrogen) atoms. The molecule has 0 unspecified atom stereocenters. The second-order valence-corrected chi connectivity index (χ2v) is 5.55. The van der Waals surface area contributed by atoms with Crippen molar-refractivity contribution < 1.29 is 9.84 Å². The van der Waals surface area contributed by atoms with Gasteiger partial charge in [0, 0.05) is 4.47 Å². The SMILES string of the molecule is OCc1cc(OCCC2CCCC2)ccc1Br. The molecule has 0 aromatic heterocycles. The molecule has 0 atom stereocenters. The molecule has 0 bridgehead atoms. The zero-order valence-corrected chi connectivity index (χ0v) is 11.6. The second-order valence-electron chi connectivity index (χ2n) is 4.70. The predicted octanol–water partition coefficient (Wildman–Crippen LogP) is 3.90. The highest BCUT2D eigenvalue weighted by molar-refractivity contribution is 9.10. The molecule has 0 radical (unpaired) electrons. The van der Waals surface area contributed by atoms with Crippen LogP contribution in [0.2, 0.25) is 0 Å². The Morgan fingerprint density at radius 1 is 1.29 bits per heavy atom. The zero-order chi connectivity index (χ0) is 12.1. The maximum Gasteiger partial charge on any atom is 0.119 e. The molecule has 3 heteroatoms. The molecule has 0 aliphatic heterocycles. The Labute approximate surface area is 111 Å². The van der Waals surface area contributed by atoms with E-state index < -0.39 is 0 Å². The molecule has 1 aromatic rings. The third-order valence-electron chi connectivity index (χ3n) is 3.46. The molecule has 1 N–H and O–H groups in total. The molecule has 0 heterocycles. The lowest BCUT2D eigenvalue weighted by atomic mass is 10.1. The lowest BCUT2D eigenvalue weighted by molar-refractivity contribution is 0.270. The van der Waals surface area contributed by atoms with Crippen molar-refractivity contribution in [2.24, 2.45) is 5.92 Å². The Morgan fingerprint density at radius 3 is 2.76 bits per heavy atom. The summed E-state index contributed by atoms with van der Waals surface area (Å²) < 4.78 is 6.67. The molecular formula is C14H19BrO2. The van der Waals surface area contributed by atoms with E-state index in [0.29, 0.717) is 0 Å². The first-order valence-electron chi connectivity index (χ1n) is 6.31. The van der Waals surface area contributed by atoms with Crippen molar-refractivity contribution in [2.45, 2.75) is 38.7 Å². The van der Waals surface area contributed by atoms with Crippen LogP contribution in [0.4, 0.5) is 0 Å². The minimum absolute atomic E-state index is 0.0421.